The Bertz CT molecular complexity index is 1180. The van der Waals surface area contributed by atoms with Crippen LogP contribution in [0, 0.1) is 6.92 Å². The number of amides is 1. The molecule has 0 saturated heterocycles. The summed E-state index contributed by atoms with van der Waals surface area (Å²) in [7, 11) is 0. The average molecular weight is 477 g/mol. The quantitative estimate of drug-likeness (QED) is 0.308. The minimum Gasteiger partial charge on any atom is -0.319 e. The zero-order valence-electron chi connectivity index (χ0n) is 18.2. The van der Waals surface area contributed by atoms with E-state index < -0.39 is 0 Å². The van der Waals surface area contributed by atoms with Crippen LogP contribution in [-0.4, -0.2) is 29.2 Å². The molecular formula is C26H24N2OS3. The SMILES string of the molecule is CSc1cc(C)nc(SC)c1NC(=O)/C=C/C1=C(c2ccccc2)c2ccccc2SC1. The first kappa shape index (κ1) is 22.8. The van der Waals surface area contributed by atoms with Crippen LogP contribution in [0.3, 0.4) is 0 Å². The first-order valence-corrected chi connectivity index (χ1v) is 13.6. The van der Waals surface area contributed by atoms with Gasteiger partial charge in [0.25, 0.3) is 0 Å². The van der Waals surface area contributed by atoms with Crippen LogP contribution in [0.25, 0.3) is 5.57 Å². The van der Waals surface area contributed by atoms with Gasteiger partial charge in [-0.25, -0.2) is 4.98 Å². The number of aryl methyl sites for hydroxylation is 1. The van der Waals surface area contributed by atoms with E-state index in [4.69, 9.17) is 0 Å². The number of aromatic nitrogens is 1. The molecule has 1 aliphatic rings. The van der Waals surface area contributed by atoms with Gasteiger partial charge in [-0.05, 0) is 53.8 Å². The molecule has 4 rings (SSSR count). The Balaban J connectivity index is 1.68. The number of nitrogens with zero attached hydrogens (tertiary/aromatic N) is 1. The molecule has 0 bridgehead atoms. The van der Waals surface area contributed by atoms with E-state index in [9.17, 15) is 4.79 Å². The highest BCUT2D eigenvalue weighted by atomic mass is 32.2. The third-order valence-electron chi connectivity index (χ3n) is 5.10. The minimum absolute atomic E-state index is 0.148. The van der Waals surface area contributed by atoms with Crippen LogP contribution in [0.1, 0.15) is 16.8 Å². The van der Waals surface area contributed by atoms with E-state index in [1.807, 2.05) is 49.4 Å². The molecule has 0 aliphatic carbocycles. The molecule has 1 N–H and O–H groups in total. The number of hydrogen-bond acceptors (Lipinski definition) is 5. The van der Waals surface area contributed by atoms with Gasteiger partial charge in [0.2, 0.25) is 5.91 Å². The Morgan fingerprint density at radius 1 is 1.06 bits per heavy atom. The number of nitrogens with one attached hydrogen (secondary N) is 1. The molecule has 0 saturated carbocycles. The fraction of sp³-hybridized carbons (Fsp3) is 0.154. The summed E-state index contributed by atoms with van der Waals surface area (Å²) < 4.78 is 0. The highest BCUT2D eigenvalue weighted by Gasteiger charge is 2.19. The maximum atomic E-state index is 12.9. The highest BCUT2D eigenvalue weighted by Crippen LogP contribution is 2.41. The van der Waals surface area contributed by atoms with Gasteiger partial charge in [-0.3, -0.25) is 4.79 Å². The number of benzene rings is 2. The van der Waals surface area contributed by atoms with Crippen LogP contribution in [0.2, 0.25) is 0 Å². The van der Waals surface area contributed by atoms with E-state index in [2.05, 4.69) is 58.8 Å². The number of rotatable bonds is 6. The van der Waals surface area contributed by atoms with Crippen molar-refractivity contribution in [3.05, 3.63) is 95.2 Å². The molecule has 2 heterocycles. The van der Waals surface area contributed by atoms with Crippen molar-refractivity contribution in [3.8, 4) is 0 Å². The Hall–Kier alpha value is -2.41. The molecular weight excluding hydrogens is 453 g/mol. The van der Waals surface area contributed by atoms with Crippen molar-refractivity contribution in [2.24, 2.45) is 0 Å². The summed E-state index contributed by atoms with van der Waals surface area (Å²) in [6.07, 6.45) is 7.59. The van der Waals surface area contributed by atoms with Crippen LogP contribution in [0.5, 0.6) is 0 Å². The maximum Gasteiger partial charge on any atom is 0.248 e. The summed E-state index contributed by atoms with van der Waals surface area (Å²) in [5, 5.41) is 3.90. The van der Waals surface area contributed by atoms with Crippen molar-refractivity contribution in [1.82, 2.24) is 4.98 Å². The Morgan fingerprint density at radius 2 is 1.81 bits per heavy atom. The lowest BCUT2D eigenvalue weighted by Crippen LogP contribution is -2.11. The maximum absolute atomic E-state index is 12.9. The van der Waals surface area contributed by atoms with Crippen LogP contribution >= 0.6 is 35.3 Å². The van der Waals surface area contributed by atoms with Crippen LogP contribution in [0.4, 0.5) is 5.69 Å². The number of hydrogen-bond donors (Lipinski definition) is 1. The molecule has 0 radical (unpaired) electrons. The number of allylic oxidation sites excluding steroid dienone is 1. The molecule has 0 unspecified atom stereocenters. The zero-order valence-corrected chi connectivity index (χ0v) is 20.7. The van der Waals surface area contributed by atoms with Crippen molar-refractivity contribution in [3.63, 3.8) is 0 Å². The fourth-order valence-electron chi connectivity index (χ4n) is 3.66. The number of pyridine rings is 1. The molecule has 3 nitrogen and oxygen atoms in total. The predicted molar refractivity (Wildman–Crippen MR) is 140 cm³/mol. The minimum atomic E-state index is -0.148. The van der Waals surface area contributed by atoms with Gasteiger partial charge in [0, 0.05) is 27.3 Å². The van der Waals surface area contributed by atoms with Crippen molar-refractivity contribution in [1.29, 1.82) is 0 Å². The second kappa shape index (κ2) is 10.5. The van der Waals surface area contributed by atoms with Crippen molar-refractivity contribution in [2.45, 2.75) is 21.7 Å². The number of carbonyl (C=O) groups is 1. The van der Waals surface area contributed by atoms with Crippen molar-refractivity contribution < 1.29 is 4.79 Å². The molecule has 1 aromatic heterocycles. The van der Waals surface area contributed by atoms with Gasteiger partial charge in [-0.1, -0.05) is 54.6 Å². The normalized spacial score (nSPS) is 13.3. The third kappa shape index (κ3) is 4.98. The summed E-state index contributed by atoms with van der Waals surface area (Å²) in [6, 6.07) is 20.9. The van der Waals surface area contributed by atoms with Gasteiger partial charge >= 0.3 is 0 Å². The lowest BCUT2D eigenvalue weighted by molar-refractivity contribution is -0.111. The van der Waals surface area contributed by atoms with Crippen LogP contribution in [0.15, 0.2) is 93.2 Å². The van der Waals surface area contributed by atoms with Gasteiger partial charge in [-0.15, -0.1) is 35.3 Å². The van der Waals surface area contributed by atoms with E-state index in [0.717, 1.165) is 38.2 Å². The smallest absolute Gasteiger partial charge is 0.248 e. The van der Waals surface area contributed by atoms with Crippen molar-refractivity contribution >= 4 is 52.5 Å². The summed E-state index contributed by atoms with van der Waals surface area (Å²) in [6.45, 7) is 1.97. The molecule has 32 heavy (non-hydrogen) atoms. The van der Waals surface area contributed by atoms with Gasteiger partial charge in [0.05, 0.1) is 5.69 Å². The van der Waals surface area contributed by atoms with E-state index in [1.165, 1.54) is 16.0 Å². The second-order valence-electron chi connectivity index (χ2n) is 7.22. The van der Waals surface area contributed by atoms with E-state index in [1.54, 1.807) is 29.6 Å². The Morgan fingerprint density at radius 3 is 2.56 bits per heavy atom. The van der Waals surface area contributed by atoms with Crippen LogP contribution < -0.4 is 5.32 Å². The topological polar surface area (TPSA) is 42.0 Å². The molecule has 0 spiro atoms. The van der Waals surface area contributed by atoms with E-state index >= 15 is 0 Å². The largest absolute Gasteiger partial charge is 0.319 e. The number of thioether (sulfide) groups is 3. The Kier molecular flexibility index (Phi) is 7.45. The summed E-state index contributed by atoms with van der Waals surface area (Å²) in [4.78, 5) is 19.8. The molecule has 0 fully saturated rings. The zero-order chi connectivity index (χ0) is 22.5. The van der Waals surface area contributed by atoms with Gasteiger partial charge in [0.15, 0.2) is 0 Å². The molecule has 2 aromatic carbocycles. The summed E-state index contributed by atoms with van der Waals surface area (Å²) in [5.74, 6) is 0.675. The van der Waals surface area contributed by atoms with Crippen molar-refractivity contribution in [2.75, 3.05) is 23.6 Å². The summed E-state index contributed by atoms with van der Waals surface area (Å²) >= 11 is 4.96. The molecule has 3 aromatic rings. The van der Waals surface area contributed by atoms with Gasteiger partial charge < -0.3 is 5.32 Å². The molecule has 0 atom stereocenters. The monoisotopic (exact) mass is 476 g/mol. The lowest BCUT2D eigenvalue weighted by Gasteiger charge is -2.22. The fourth-order valence-corrected chi connectivity index (χ4v) is 6.01. The van der Waals surface area contributed by atoms with E-state index in [-0.39, 0.29) is 5.91 Å². The third-order valence-corrected chi connectivity index (χ3v) is 7.66. The number of carbonyl (C=O) groups excluding carboxylic acids is 1. The lowest BCUT2D eigenvalue weighted by atomic mass is 9.93. The predicted octanol–water partition coefficient (Wildman–Crippen LogP) is 6.94. The second-order valence-corrected chi connectivity index (χ2v) is 9.88. The summed E-state index contributed by atoms with van der Waals surface area (Å²) in [5.41, 5.74) is 6.45. The highest BCUT2D eigenvalue weighted by molar-refractivity contribution is 8.00. The molecule has 6 heteroatoms. The standard InChI is InChI=1S/C26H24N2OS3/c1-17-15-22(30-2)25(26(27-17)31-3)28-23(29)14-13-19-16-32-21-12-8-7-11-20(21)24(19)18-9-5-4-6-10-18/h4-15H,16H2,1-3H3,(H,28,29)/b14-13+. The number of fused-ring (bicyclic) bond motifs is 1. The first-order chi connectivity index (χ1) is 15.6. The van der Waals surface area contributed by atoms with E-state index in [0.29, 0.717) is 0 Å². The average Bonchev–Trinajstić information content (AvgIpc) is 2.83. The van der Waals surface area contributed by atoms with Crippen LogP contribution in [-0.2, 0) is 4.79 Å². The first-order valence-electron chi connectivity index (χ1n) is 10.2. The molecule has 1 aliphatic heterocycles. The molecule has 1 amide bonds. The Labute approximate surface area is 202 Å². The number of anilines is 1. The van der Waals surface area contributed by atoms with Gasteiger partial charge in [0.1, 0.15) is 5.03 Å². The molecule has 162 valence electrons. The van der Waals surface area contributed by atoms with Gasteiger partial charge in [-0.2, -0.15) is 0 Å².